The summed E-state index contributed by atoms with van der Waals surface area (Å²) in [5, 5.41) is 4.12. The van der Waals surface area contributed by atoms with E-state index in [-0.39, 0.29) is 0 Å². The molecule has 0 spiro atoms. The largest absolute Gasteiger partial charge is 0.379 e. The fourth-order valence-electron chi connectivity index (χ4n) is 4.52. The van der Waals surface area contributed by atoms with E-state index in [9.17, 15) is 0 Å². The van der Waals surface area contributed by atoms with Crippen LogP contribution in [0.25, 0.3) is 22.2 Å². The maximum Gasteiger partial charge on any atom is 0.141 e. The molecule has 0 aliphatic carbocycles. The summed E-state index contributed by atoms with van der Waals surface area (Å²) in [5.41, 5.74) is 6.35. The molecule has 1 saturated heterocycles. The van der Waals surface area contributed by atoms with Crippen molar-refractivity contribution in [3.63, 3.8) is 0 Å². The molecule has 0 bridgehead atoms. The van der Waals surface area contributed by atoms with E-state index in [1.54, 1.807) is 0 Å². The van der Waals surface area contributed by atoms with E-state index in [0.717, 1.165) is 91.9 Å². The predicted octanol–water partition coefficient (Wildman–Crippen LogP) is 3.82. The molecule has 1 aliphatic rings. The number of ether oxygens (including phenoxy) is 1. The lowest BCUT2D eigenvalue weighted by Gasteiger charge is -2.27. The molecule has 32 heavy (non-hydrogen) atoms. The van der Waals surface area contributed by atoms with Crippen LogP contribution in [0, 0.1) is 13.8 Å². The van der Waals surface area contributed by atoms with Gasteiger partial charge in [-0.3, -0.25) is 9.88 Å². The normalized spacial score (nSPS) is 14.9. The summed E-state index contributed by atoms with van der Waals surface area (Å²) >= 11 is 0. The standard InChI is InChI=1S/C25H29N5O2/c1-18-25(19(2)32-28-18)20-6-8-23-22(17-20)27-24(9-7-21-5-3-4-10-26-21)30(23)12-11-29-13-15-31-16-14-29/h3-6,8,10,17H,7,9,11-16H2,1-2H3. The Kier molecular flexibility index (Phi) is 6.01. The van der Waals surface area contributed by atoms with Crippen molar-refractivity contribution in [1.82, 2.24) is 24.6 Å². The van der Waals surface area contributed by atoms with Gasteiger partial charge in [0.1, 0.15) is 11.6 Å². The van der Waals surface area contributed by atoms with Crippen molar-refractivity contribution in [2.75, 3.05) is 32.8 Å². The molecule has 166 valence electrons. The van der Waals surface area contributed by atoms with Crippen molar-refractivity contribution in [1.29, 1.82) is 0 Å². The molecule has 0 amide bonds. The van der Waals surface area contributed by atoms with Gasteiger partial charge in [0.25, 0.3) is 0 Å². The molecule has 7 nitrogen and oxygen atoms in total. The van der Waals surface area contributed by atoms with Crippen LogP contribution in [0.3, 0.4) is 0 Å². The van der Waals surface area contributed by atoms with Crippen LogP contribution in [0.15, 0.2) is 47.1 Å². The lowest BCUT2D eigenvalue weighted by Crippen LogP contribution is -2.38. The van der Waals surface area contributed by atoms with E-state index in [4.69, 9.17) is 14.2 Å². The van der Waals surface area contributed by atoms with Crippen LogP contribution in [-0.4, -0.2) is 57.4 Å². The number of morpholine rings is 1. The first-order chi connectivity index (χ1) is 15.7. The van der Waals surface area contributed by atoms with Gasteiger partial charge in [0.05, 0.1) is 29.9 Å². The second-order valence-electron chi connectivity index (χ2n) is 8.36. The van der Waals surface area contributed by atoms with Crippen LogP contribution in [-0.2, 0) is 24.1 Å². The maximum atomic E-state index is 5.51. The summed E-state index contributed by atoms with van der Waals surface area (Å²) in [4.78, 5) is 12.0. The van der Waals surface area contributed by atoms with Crippen molar-refractivity contribution in [2.45, 2.75) is 33.2 Å². The van der Waals surface area contributed by atoms with Gasteiger partial charge in [0.15, 0.2) is 0 Å². The lowest BCUT2D eigenvalue weighted by atomic mass is 10.0. The van der Waals surface area contributed by atoms with Crippen molar-refractivity contribution in [2.24, 2.45) is 0 Å². The van der Waals surface area contributed by atoms with E-state index in [1.165, 1.54) is 5.52 Å². The smallest absolute Gasteiger partial charge is 0.141 e. The molecule has 1 aromatic carbocycles. The van der Waals surface area contributed by atoms with Crippen LogP contribution in [0.5, 0.6) is 0 Å². The van der Waals surface area contributed by atoms with Gasteiger partial charge in [0, 0.05) is 50.1 Å². The fraction of sp³-hybridized carbons (Fsp3) is 0.400. The summed E-state index contributed by atoms with van der Waals surface area (Å²) in [5.74, 6) is 1.94. The molecule has 1 fully saturated rings. The Balaban J connectivity index is 1.46. The number of nitrogens with zero attached hydrogens (tertiary/aromatic N) is 5. The first-order valence-corrected chi connectivity index (χ1v) is 11.3. The van der Waals surface area contributed by atoms with E-state index in [0.29, 0.717) is 0 Å². The molecule has 7 heteroatoms. The van der Waals surface area contributed by atoms with Crippen molar-refractivity contribution < 1.29 is 9.26 Å². The first kappa shape index (κ1) is 20.8. The summed E-state index contributed by atoms with van der Waals surface area (Å²) in [7, 11) is 0. The van der Waals surface area contributed by atoms with Crippen LogP contribution >= 0.6 is 0 Å². The van der Waals surface area contributed by atoms with Gasteiger partial charge in [-0.2, -0.15) is 0 Å². The number of pyridine rings is 1. The minimum Gasteiger partial charge on any atom is -0.379 e. The summed E-state index contributed by atoms with van der Waals surface area (Å²) in [6.07, 6.45) is 3.58. The first-order valence-electron chi connectivity index (χ1n) is 11.3. The molecule has 5 rings (SSSR count). The van der Waals surface area contributed by atoms with E-state index in [2.05, 4.69) is 43.9 Å². The number of aryl methyl sites for hydroxylation is 4. The number of rotatable bonds is 7. The summed E-state index contributed by atoms with van der Waals surface area (Å²) in [6, 6.07) is 12.6. The van der Waals surface area contributed by atoms with Gasteiger partial charge in [-0.15, -0.1) is 0 Å². The third-order valence-corrected chi connectivity index (χ3v) is 6.22. The zero-order chi connectivity index (χ0) is 21.9. The monoisotopic (exact) mass is 431 g/mol. The topological polar surface area (TPSA) is 69.2 Å². The second-order valence-corrected chi connectivity index (χ2v) is 8.36. The predicted molar refractivity (Wildman–Crippen MR) is 124 cm³/mol. The SMILES string of the molecule is Cc1noc(C)c1-c1ccc2c(c1)nc(CCc1ccccn1)n2CCN1CCOCC1. The molecular weight excluding hydrogens is 402 g/mol. The van der Waals surface area contributed by atoms with Gasteiger partial charge in [-0.25, -0.2) is 4.98 Å². The number of aromatic nitrogens is 4. The van der Waals surface area contributed by atoms with Gasteiger partial charge in [0.2, 0.25) is 0 Å². The van der Waals surface area contributed by atoms with Crippen molar-refractivity contribution in [3.05, 3.63) is 65.6 Å². The Morgan fingerprint density at radius 1 is 1.00 bits per heavy atom. The highest BCUT2D eigenvalue weighted by Gasteiger charge is 2.17. The van der Waals surface area contributed by atoms with Crippen molar-refractivity contribution >= 4 is 11.0 Å². The highest BCUT2D eigenvalue weighted by Crippen LogP contribution is 2.30. The highest BCUT2D eigenvalue weighted by molar-refractivity contribution is 5.83. The van der Waals surface area contributed by atoms with Gasteiger partial charge >= 0.3 is 0 Å². The Morgan fingerprint density at radius 3 is 2.62 bits per heavy atom. The molecular formula is C25H29N5O2. The molecule has 0 N–H and O–H groups in total. The summed E-state index contributed by atoms with van der Waals surface area (Å²) < 4.78 is 13.3. The quantitative estimate of drug-likeness (QED) is 0.443. The van der Waals surface area contributed by atoms with Crippen LogP contribution in [0.4, 0.5) is 0 Å². The van der Waals surface area contributed by atoms with E-state index in [1.807, 2.05) is 32.2 Å². The Bertz CT molecular complexity index is 1170. The minimum atomic E-state index is 0.817. The van der Waals surface area contributed by atoms with Crippen molar-refractivity contribution in [3.8, 4) is 11.1 Å². The number of benzene rings is 1. The average molecular weight is 432 g/mol. The zero-order valence-corrected chi connectivity index (χ0v) is 18.8. The van der Waals surface area contributed by atoms with Crippen LogP contribution in [0.2, 0.25) is 0 Å². The second kappa shape index (κ2) is 9.22. The number of hydrogen-bond donors (Lipinski definition) is 0. The van der Waals surface area contributed by atoms with Crippen LogP contribution < -0.4 is 0 Å². The highest BCUT2D eigenvalue weighted by atomic mass is 16.5. The minimum absolute atomic E-state index is 0.817. The molecule has 0 atom stereocenters. The van der Waals surface area contributed by atoms with Gasteiger partial charge < -0.3 is 13.8 Å². The maximum absolute atomic E-state index is 5.51. The molecule has 0 radical (unpaired) electrons. The third kappa shape index (κ3) is 4.31. The molecule has 4 heterocycles. The molecule has 0 unspecified atom stereocenters. The molecule has 3 aromatic heterocycles. The lowest BCUT2D eigenvalue weighted by molar-refractivity contribution is 0.0364. The molecule has 4 aromatic rings. The average Bonchev–Trinajstić information content (AvgIpc) is 3.35. The Hall–Kier alpha value is -3.03. The number of imidazole rings is 1. The van der Waals surface area contributed by atoms with Gasteiger partial charge in [-0.05, 0) is 50.1 Å². The van der Waals surface area contributed by atoms with Crippen LogP contribution in [0.1, 0.15) is 23.0 Å². The Labute approximate surface area is 188 Å². The zero-order valence-electron chi connectivity index (χ0n) is 18.8. The number of fused-ring (bicyclic) bond motifs is 1. The van der Waals surface area contributed by atoms with Gasteiger partial charge in [-0.1, -0.05) is 17.3 Å². The molecule has 0 saturated carbocycles. The van der Waals surface area contributed by atoms with E-state index < -0.39 is 0 Å². The third-order valence-electron chi connectivity index (χ3n) is 6.22. The Morgan fingerprint density at radius 2 is 1.88 bits per heavy atom. The van der Waals surface area contributed by atoms with E-state index >= 15 is 0 Å². The molecule has 1 aliphatic heterocycles. The number of hydrogen-bond acceptors (Lipinski definition) is 6. The summed E-state index contributed by atoms with van der Waals surface area (Å²) in [6.45, 7) is 9.47. The fourth-order valence-corrected chi connectivity index (χ4v) is 4.52.